The van der Waals surface area contributed by atoms with Crippen LogP contribution < -0.4 is 10.2 Å². The predicted molar refractivity (Wildman–Crippen MR) is 141 cm³/mol. The van der Waals surface area contributed by atoms with Crippen LogP contribution in [0.3, 0.4) is 0 Å². The van der Waals surface area contributed by atoms with Gasteiger partial charge in [0.2, 0.25) is 5.91 Å². The lowest BCUT2D eigenvalue weighted by molar-refractivity contribution is -0.117. The van der Waals surface area contributed by atoms with E-state index in [1.807, 2.05) is 18.2 Å². The number of nitrogens with zero attached hydrogens (tertiary/aromatic N) is 4. The monoisotopic (exact) mass is 471 g/mol. The molecular weight excluding hydrogens is 442 g/mol. The lowest BCUT2D eigenvalue weighted by atomic mass is 10.0. The number of hydrogen-bond donors (Lipinski definition) is 1. The van der Waals surface area contributed by atoms with Crippen molar-refractivity contribution < 1.29 is 4.79 Å². The highest BCUT2D eigenvalue weighted by atomic mass is 32.1. The van der Waals surface area contributed by atoms with Gasteiger partial charge in [-0.05, 0) is 30.5 Å². The first-order valence-corrected chi connectivity index (χ1v) is 12.6. The van der Waals surface area contributed by atoms with Crippen molar-refractivity contribution in [2.75, 3.05) is 42.9 Å². The van der Waals surface area contributed by atoms with Gasteiger partial charge in [0.05, 0.1) is 11.9 Å². The second-order valence-corrected chi connectivity index (χ2v) is 9.57. The summed E-state index contributed by atoms with van der Waals surface area (Å²) >= 11 is 1.66. The van der Waals surface area contributed by atoms with Gasteiger partial charge in [0.25, 0.3) is 0 Å². The zero-order valence-electron chi connectivity index (χ0n) is 19.6. The number of para-hydroxylation sites is 1. The molecule has 3 heterocycles. The Labute approximate surface area is 204 Å². The third-order valence-corrected chi connectivity index (χ3v) is 7.31. The fourth-order valence-electron chi connectivity index (χ4n) is 4.51. The SMILES string of the molecule is CCc1ccccc1NC(=O)CN1CCN(c2ncnc3scc(-c4ccc(C)cc4)c23)CC1. The van der Waals surface area contributed by atoms with Gasteiger partial charge in [0.15, 0.2) is 0 Å². The van der Waals surface area contributed by atoms with Gasteiger partial charge in [-0.15, -0.1) is 11.3 Å². The summed E-state index contributed by atoms with van der Waals surface area (Å²) in [5, 5.41) is 6.40. The standard InChI is InChI=1S/C27H29N5OS/c1-3-20-6-4-5-7-23(20)30-24(33)16-31-12-14-32(15-13-31)26-25-22(17-34-27(25)29-18-28-26)21-10-8-19(2)9-11-21/h4-11,17-18H,3,12-16H2,1-2H3,(H,30,33). The average molecular weight is 472 g/mol. The number of aromatic nitrogens is 2. The molecule has 1 amide bonds. The maximum atomic E-state index is 12.7. The number of carbonyl (C=O) groups is 1. The first-order valence-electron chi connectivity index (χ1n) is 11.8. The first-order chi connectivity index (χ1) is 16.6. The third-order valence-electron chi connectivity index (χ3n) is 6.42. The predicted octanol–water partition coefficient (Wildman–Crippen LogP) is 4.99. The molecule has 4 aromatic rings. The number of rotatable bonds is 6. The minimum absolute atomic E-state index is 0.0401. The maximum Gasteiger partial charge on any atom is 0.238 e. The van der Waals surface area contributed by atoms with E-state index in [1.54, 1.807) is 17.7 Å². The Morgan fingerprint density at radius 1 is 1.03 bits per heavy atom. The number of amides is 1. The smallest absolute Gasteiger partial charge is 0.238 e. The van der Waals surface area contributed by atoms with Crippen molar-refractivity contribution in [3.63, 3.8) is 0 Å². The Kier molecular flexibility index (Phi) is 6.56. The Morgan fingerprint density at radius 3 is 2.56 bits per heavy atom. The first kappa shape index (κ1) is 22.5. The molecule has 0 saturated carbocycles. The fourth-order valence-corrected chi connectivity index (χ4v) is 5.42. The van der Waals surface area contributed by atoms with Crippen LogP contribution in [0.25, 0.3) is 21.3 Å². The normalized spacial score (nSPS) is 14.5. The quantitative estimate of drug-likeness (QED) is 0.429. The molecule has 0 bridgehead atoms. The molecule has 0 radical (unpaired) electrons. The maximum absolute atomic E-state index is 12.7. The van der Waals surface area contributed by atoms with Gasteiger partial charge in [-0.25, -0.2) is 9.97 Å². The molecule has 6 nitrogen and oxygen atoms in total. The highest BCUT2D eigenvalue weighted by Crippen LogP contribution is 2.38. The van der Waals surface area contributed by atoms with E-state index in [4.69, 9.17) is 4.98 Å². The minimum Gasteiger partial charge on any atom is -0.353 e. The summed E-state index contributed by atoms with van der Waals surface area (Å²) in [7, 11) is 0. The molecule has 0 unspecified atom stereocenters. The van der Waals surface area contributed by atoms with Gasteiger partial charge < -0.3 is 10.2 Å². The van der Waals surface area contributed by atoms with Gasteiger partial charge in [0.1, 0.15) is 17.0 Å². The Morgan fingerprint density at radius 2 is 1.79 bits per heavy atom. The Hall–Kier alpha value is -3.29. The lowest BCUT2D eigenvalue weighted by Crippen LogP contribution is -2.49. The van der Waals surface area contributed by atoms with Crippen LogP contribution in [0.2, 0.25) is 0 Å². The van der Waals surface area contributed by atoms with E-state index in [2.05, 4.69) is 69.7 Å². The molecule has 2 aromatic heterocycles. The van der Waals surface area contributed by atoms with Gasteiger partial charge in [-0.2, -0.15) is 0 Å². The molecule has 0 spiro atoms. The van der Waals surface area contributed by atoms with Gasteiger partial charge in [-0.3, -0.25) is 9.69 Å². The highest BCUT2D eigenvalue weighted by Gasteiger charge is 2.23. The Balaban J connectivity index is 1.28. The van der Waals surface area contributed by atoms with Crippen molar-refractivity contribution in [1.82, 2.24) is 14.9 Å². The molecule has 0 atom stereocenters. The van der Waals surface area contributed by atoms with Crippen LogP contribution in [0.4, 0.5) is 11.5 Å². The number of nitrogens with one attached hydrogen (secondary N) is 1. The summed E-state index contributed by atoms with van der Waals surface area (Å²) < 4.78 is 0. The highest BCUT2D eigenvalue weighted by molar-refractivity contribution is 7.17. The molecule has 1 fully saturated rings. The van der Waals surface area contributed by atoms with Gasteiger partial charge in [-0.1, -0.05) is 55.0 Å². The summed E-state index contributed by atoms with van der Waals surface area (Å²) in [5.41, 5.74) is 5.70. The molecule has 1 aliphatic rings. The van der Waals surface area contributed by atoms with E-state index in [0.29, 0.717) is 6.54 Å². The minimum atomic E-state index is 0.0401. The van der Waals surface area contributed by atoms with Gasteiger partial charge >= 0.3 is 0 Å². The van der Waals surface area contributed by atoms with E-state index in [-0.39, 0.29) is 5.91 Å². The van der Waals surface area contributed by atoms with Crippen LogP contribution in [0.15, 0.2) is 60.2 Å². The molecule has 5 rings (SSSR count). The van der Waals surface area contributed by atoms with Gasteiger partial charge in [0, 0.05) is 42.8 Å². The number of piperazine rings is 1. The summed E-state index contributed by atoms with van der Waals surface area (Å²) in [4.78, 5) is 27.5. The third kappa shape index (κ3) is 4.67. The molecule has 34 heavy (non-hydrogen) atoms. The van der Waals surface area contributed by atoms with E-state index >= 15 is 0 Å². The number of benzene rings is 2. The van der Waals surface area contributed by atoms with E-state index < -0.39 is 0 Å². The number of hydrogen-bond acceptors (Lipinski definition) is 6. The molecule has 2 aromatic carbocycles. The number of anilines is 2. The number of fused-ring (bicyclic) bond motifs is 1. The van der Waals surface area contributed by atoms with Crippen LogP contribution in [-0.4, -0.2) is 53.5 Å². The van der Waals surface area contributed by atoms with E-state index in [0.717, 1.165) is 59.9 Å². The van der Waals surface area contributed by atoms with E-state index in [9.17, 15) is 4.79 Å². The number of carbonyl (C=O) groups excluding carboxylic acids is 1. The largest absolute Gasteiger partial charge is 0.353 e. The zero-order chi connectivity index (χ0) is 23.5. The summed E-state index contributed by atoms with van der Waals surface area (Å²) in [6.45, 7) is 7.90. The Bertz CT molecular complexity index is 1290. The van der Waals surface area contributed by atoms with Crippen LogP contribution in [0.1, 0.15) is 18.1 Å². The van der Waals surface area contributed by atoms with Crippen molar-refractivity contribution in [1.29, 1.82) is 0 Å². The molecule has 1 N–H and O–H groups in total. The van der Waals surface area contributed by atoms with Crippen molar-refractivity contribution in [2.45, 2.75) is 20.3 Å². The zero-order valence-corrected chi connectivity index (χ0v) is 20.4. The average Bonchev–Trinajstić information content (AvgIpc) is 3.30. The molecule has 1 aliphatic heterocycles. The molecular formula is C27H29N5OS. The van der Waals surface area contributed by atoms with Crippen molar-refractivity contribution in [2.24, 2.45) is 0 Å². The van der Waals surface area contributed by atoms with Crippen LogP contribution in [0, 0.1) is 6.92 Å². The molecule has 7 heteroatoms. The molecule has 174 valence electrons. The second kappa shape index (κ2) is 9.91. The number of aryl methyl sites for hydroxylation is 2. The topological polar surface area (TPSA) is 61.4 Å². The van der Waals surface area contributed by atoms with Crippen molar-refractivity contribution in [3.05, 3.63) is 71.4 Å². The van der Waals surface area contributed by atoms with Crippen molar-refractivity contribution >= 4 is 39.0 Å². The van der Waals surface area contributed by atoms with E-state index in [1.165, 1.54) is 16.7 Å². The molecule has 1 saturated heterocycles. The summed E-state index contributed by atoms with van der Waals surface area (Å²) in [6, 6.07) is 16.6. The fraction of sp³-hybridized carbons (Fsp3) is 0.296. The van der Waals surface area contributed by atoms with Crippen molar-refractivity contribution in [3.8, 4) is 11.1 Å². The number of thiophene rings is 1. The lowest BCUT2D eigenvalue weighted by Gasteiger charge is -2.35. The summed E-state index contributed by atoms with van der Waals surface area (Å²) in [6.07, 6.45) is 2.56. The molecule has 0 aliphatic carbocycles. The van der Waals surface area contributed by atoms with Crippen LogP contribution in [-0.2, 0) is 11.2 Å². The second-order valence-electron chi connectivity index (χ2n) is 8.71. The summed E-state index contributed by atoms with van der Waals surface area (Å²) in [5.74, 6) is 1.03. The van der Waals surface area contributed by atoms with Crippen LogP contribution >= 0.6 is 11.3 Å². The van der Waals surface area contributed by atoms with Crippen LogP contribution in [0.5, 0.6) is 0 Å².